The molecule has 2 heteroatoms. The molecule has 10 heavy (non-hydrogen) atoms. The van der Waals surface area contributed by atoms with Crippen LogP contribution >= 0.6 is 0 Å². The van der Waals surface area contributed by atoms with Crippen LogP contribution in [0.3, 0.4) is 0 Å². The number of pyridine rings is 1. The summed E-state index contributed by atoms with van der Waals surface area (Å²) in [6, 6.07) is 3.43. The van der Waals surface area contributed by atoms with Gasteiger partial charge in [-0.15, -0.1) is 0 Å². The van der Waals surface area contributed by atoms with E-state index < -0.39 is 0 Å². The third kappa shape index (κ3) is 1.29. The minimum absolute atomic E-state index is 0.363. The predicted octanol–water partition coefficient (Wildman–Crippen LogP) is 1.20. The molecule has 2 nitrogen and oxygen atoms in total. The first-order valence-corrected chi connectivity index (χ1v) is 2.82. The van der Waals surface area contributed by atoms with Gasteiger partial charge in [0.05, 0.1) is 0 Å². The van der Waals surface area contributed by atoms with E-state index in [1.54, 1.807) is 30.8 Å². The Balaban J connectivity index is 2.95. The quantitative estimate of drug-likeness (QED) is 0.566. The first kappa shape index (κ1) is 6.68. The summed E-state index contributed by atoms with van der Waals surface area (Å²) >= 11 is 0. The third-order valence-electron chi connectivity index (χ3n) is 1.15. The molecule has 0 aromatic carbocycles. The summed E-state index contributed by atoms with van der Waals surface area (Å²) in [5, 5.41) is 0. The molecular weight excluding hydrogens is 126 g/mol. The number of rotatable bonds is 2. The van der Waals surface area contributed by atoms with Crippen molar-refractivity contribution in [3.63, 3.8) is 0 Å². The fraction of sp³-hybridized carbons (Fsp3) is 0. The highest BCUT2D eigenvalue weighted by Gasteiger charge is 1.94. The van der Waals surface area contributed by atoms with Gasteiger partial charge in [0.1, 0.15) is 0 Å². The second-order valence-corrected chi connectivity index (χ2v) is 1.82. The highest BCUT2D eigenvalue weighted by Crippen LogP contribution is 2.06. The highest BCUT2D eigenvalue weighted by atomic mass is 16.1. The molecule has 0 aliphatic carbocycles. The normalized spacial score (nSPS) is 8.80. The number of aromatic nitrogens is 1. The fourth-order valence-corrected chi connectivity index (χ4v) is 0.612. The molecule has 0 unspecified atom stereocenters. The lowest BCUT2D eigenvalue weighted by atomic mass is 10.1. The van der Waals surface area contributed by atoms with Crippen LogP contribution in [0.2, 0.25) is 0 Å². The van der Waals surface area contributed by atoms with Crippen LogP contribution in [0.4, 0.5) is 0 Å². The van der Waals surface area contributed by atoms with E-state index in [0.29, 0.717) is 5.57 Å². The zero-order valence-corrected chi connectivity index (χ0v) is 5.37. The molecule has 0 fully saturated rings. The van der Waals surface area contributed by atoms with Crippen LogP contribution in [-0.4, -0.2) is 11.3 Å². The second-order valence-electron chi connectivity index (χ2n) is 1.82. The van der Waals surface area contributed by atoms with Gasteiger partial charge in [0, 0.05) is 18.0 Å². The van der Waals surface area contributed by atoms with Crippen molar-refractivity contribution in [3.8, 4) is 0 Å². The molecule has 1 aromatic heterocycles. The van der Waals surface area contributed by atoms with Crippen molar-refractivity contribution in [2.45, 2.75) is 0 Å². The molecule has 1 heterocycles. The SMILES string of the molecule is C=C([C]=O)c1ccncc1. The Labute approximate surface area is 59.2 Å². The maximum atomic E-state index is 10.1. The van der Waals surface area contributed by atoms with Crippen molar-refractivity contribution >= 4 is 11.9 Å². The molecule has 0 aliphatic heterocycles. The summed E-state index contributed by atoms with van der Waals surface area (Å²) in [6.07, 6.45) is 4.93. The van der Waals surface area contributed by atoms with Crippen LogP contribution in [0.5, 0.6) is 0 Å². The lowest BCUT2D eigenvalue weighted by Gasteiger charge is -1.92. The maximum absolute atomic E-state index is 10.1. The van der Waals surface area contributed by atoms with E-state index in [1.165, 1.54) is 0 Å². The van der Waals surface area contributed by atoms with Crippen LogP contribution < -0.4 is 0 Å². The van der Waals surface area contributed by atoms with Crippen LogP contribution in [0.1, 0.15) is 5.56 Å². The predicted molar refractivity (Wildman–Crippen MR) is 39.0 cm³/mol. The molecule has 0 saturated heterocycles. The van der Waals surface area contributed by atoms with Crippen molar-refractivity contribution in [2.75, 3.05) is 0 Å². The van der Waals surface area contributed by atoms with E-state index in [-0.39, 0.29) is 0 Å². The number of hydrogen-bond donors (Lipinski definition) is 0. The van der Waals surface area contributed by atoms with E-state index in [1.807, 2.05) is 0 Å². The first-order valence-electron chi connectivity index (χ1n) is 2.82. The molecule has 1 aromatic rings. The van der Waals surface area contributed by atoms with Gasteiger partial charge >= 0.3 is 0 Å². The molecule has 0 spiro atoms. The van der Waals surface area contributed by atoms with Gasteiger partial charge in [-0.25, -0.2) is 0 Å². The van der Waals surface area contributed by atoms with Gasteiger partial charge in [-0.05, 0) is 17.7 Å². The van der Waals surface area contributed by atoms with Crippen molar-refractivity contribution < 1.29 is 4.79 Å². The Morgan fingerprint density at radius 1 is 1.50 bits per heavy atom. The second kappa shape index (κ2) is 2.92. The fourth-order valence-electron chi connectivity index (χ4n) is 0.612. The van der Waals surface area contributed by atoms with Gasteiger partial charge in [0.15, 0.2) is 0 Å². The summed E-state index contributed by atoms with van der Waals surface area (Å²) in [4.78, 5) is 13.9. The van der Waals surface area contributed by atoms with E-state index in [9.17, 15) is 4.79 Å². The Kier molecular flexibility index (Phi) is 1.95. The smallest absolute Gasteiger partial charge is 0.233 e. The summed E-state index contributed by atoms with van der Waals surface area (Å²) in [5.74, 6) is 0. The largest absolute Gasteiger partial charge is 0.285 e. The van der Waals surface area contributed by atoms with Crippen LogP contribution in [-0.2, 0) is 4.79 Å². The summed E-state index contributed by atoms with van der Waals surface area (Å²) in [6.45, 7) is 3.49. The molecule has 1 rings (SSSR count). The Hall–Kier alpha value is -1.44. The van der Waals surface area contributed by atoms with Crippen molar-refractivity contribution in [3.05, 3.63) is 36.7 Å². The van der Waals surface area contributed by atoms with Gasteiger partial charge in [0.25, 0.3) is 0 Å². The van der Waals surface area contributed by atoms with Gasteiger partial charge < -0.3 is 0 Å². The molecule has 1 radical (unpaired) electrons. The first-order chi connectivity index (χ1) is 4.84. The molecule has 0 aliphatic rings. The third-order valence-corrected chi connectivity index (χ3v) is 1.15. The zero-order valence-electron chi connectivity index (χ0n) is 5.37. The van der Waals surface area contributed by atoms with Gasteiger partial charge in [-0.1, -0.05) is 6.58 Å². The average molecular weight is 132 g/mol. The molecular formula is C8H6NO. The standard InChI is InChI=1S/C8H6NO/c1-7(6-10)8-2-4-9-5-3-8/h2-5H,1H2. The maximum Gasteiger partial charge on any atom is 0.233 e. The lowest BCUT2D eigenvalue weighted by Crippen LogP contribution is -1.82. The van der Waals surface area contributed by atoms with Crippen LogP contribution in [0, 0.1) is 0 Å². The summed E-state index contributed by atoms with van der Waals surface area (Å²) < 4.78 is 0. The summed E-state index contributed by atoms with van der Waals surface area (Å²) in [7, 11) is 0. The molecule has 0 N–H and O–H groups in total. The molecule has 0 amide bonds. The Morgan fingerprint density at radius 2 is 2.10 bits per heavy atom. The Morgan fingerprint density at radius 3 is 2.60 bits per heavy atom. The number of carbonyl (C=O) groups excluding carboxylic acids is 1. The zero-order chi connectivity index (χ0) is 7.40. The molecule has 49 valence electrons. The Bertz CT molecular complexity index is 241. The van der Waals surface area contributed by atoms with Gasteiger partial charge in [-0.2, -0.15) is 0 Å². The lowest BCUT2D eigenvalue weighted by molar-refractivity contribution is 0.565. The van der Waals surface area contributed by atoms with Gasteiger partial charge in [-0.3, -0.25) is 9.78 Å². The van der Waals surface area contributed by atoms with E-state index in [4.69, 9.17) is 0 Å². The number of nitrogens with zero attached hydrogens (tertiary/aromatic N) is 1. The van der Waals surface area contributed by atoms with Crippen molar-refractivity contribution in [1.82, 2.24) is 4.98 Å². The highest BCUT2D eigenvalue weighted by molar-refractivity contribution is 6.06. The van der Waals surface area contributed by atoms with E-state index in [0.717, 1.165) is 5.56 Å². The van der Waals surface area contributed by atoms with E-state index in [2.05, 4.69) is 11.6 Å². The van der Waals surface area contributed by atoms with Crippen LogP contribution in [0.25, 0.3) is 5.57 Å². The summed E-state index contributed by atoms with van der Waals surface area (Å²) in [5.41, 5.74) is 1.13. The van der Waals surface area contributed by atoms with E-state index >= 15 is 0 Å². The average Bonchev–Trinajstić information content (AvgIpc) is 2.05. The molecule has 0 bridgehead atoms. The van der Waals surface area contributed by atoms with Crippen molar-refractivity contribution in [2.24, 2.45) is 0 Å². The minimum Gasteiger partial charge on any atom is -0.285 e. The molecule has 0 saturated carbocycles. The molecule has 0 atom stereocenters. The van der Waals surface area contributed by atoms with Gasteiger partial charge in [0.2, 0.25) is 6.29 Å². The monoisotopic (exact) mass is 132 g/mol. The number of hydrogen-bond acceptors (Lipinski definition) is 2. The van der Waals surface area contributed by atoms with Crippen molar-refractivity contribution in [1.29, 1.82) is 0 Å². The number of allylic oxidation sites excluding steroid dienone is 1. The minimum atomic E-state index is 0.363. The van der Waals surface area contributed by atoms with Crippen LogP contribution in [0.15, 0.2) is 31.1 Å². The topological polar surface area (TPSA) is 30.0 Å².